The van der Waals surface area contributed by atoms with Crippen LogP contribution in [0.25, 0.3) is 10.6 Å². The Hall–Kier alpha value is -2.70. The van der Waals surface area contributed by atoms with Crippen molar-refractivity contribution in [3.05, 3.63) is 75.8 Å². The summed E-state index contributed by atoms with van der Waals surface area (Å²) in [5.74, 6) is -0.802. The molecule has 0 fully saturated rings. The normalized spacial score (nSPS) is 13.1. The number of halogens is 1. The van der Waals surface area contributed by atoms with Gasteiger partial charge in [-0.1, -0.05) is 48.0 Å². The smallest absolute Gasteiger partial charge is 0.358 e. The second-order valence-corrected chi connectivity index (χ2v) is 7.75. The number of ether oxygens (including phenoxy) is 1. The molecular formula is C21H17ClN2O3S. The third kappa shape index (κ3) is 4.08. The van der Waals surface area contributed by atoms with Crippen LogP contribution in [0.15, 0.2) is 53.9 Å². The molecule has 0 atom stereocenters. The molecule has 1 aliphatic heterocycles. The van der Waals surface area contributed by atoms with Crippen molar-refractivity contribution in [2.24, 2.45) is 0 Å². The fourth-order valence-electron chi connectivity index (χ4n) is 3.12. The van der Waals surface area contributed by atoms with E-state index in [1.54, 1.807) is 22.4 Å². The van der Waals surface area contributed by atoms with E-state index in [4.69, 9.17) is 16.3 Å². The highest BCUT2D eigenvalue weighted by Crippen LogP contribution is 2.26. The van der Waals surface area contributed by atoms with Gasteiger partial charge in [-0.3, -0.25) is 4.79 Å². The molecule has 4 rings (SSSR count). The number of aromatic nitrogens is 1. The van der Waals surface area contributed by atoms with Crippen LogP contribution in [0.5, 0.6) is 0 Å². The van der Waals surface area contributed by atoms with E-state index in [1.165, 1.54) is 16.9 Å². The first-order valence-electron chi connectivity index (χ1n) is 8.83. The molecule has 0 unspecified atom stereocenters. The summed E-state index contributed by atoms with van der Waals surface area (Å²) >= 11 is 7.33. The van der Waals surface area contributed by atoms with Gasteiger partial charge >= 0.3 is 5.97 Å². The number of amides is 1. The second-order valence-electron chi connectivity index (χ2n) is 6.46. The van der Waals surface area contributed by atoms with Gasteiger partial charge in [0.05, 0.1) is 0 Å². The van der Waals surface area contributed by atoms with E-state index in [0.29, 0.717) is 23.1 Å². The number of carbonyl (C=O) groups excluding carboxylic acids is 2. The van der Waals surface area contributed by atoms with Gasteiger partial charge in [-0.2, -0.15) is 0 Å². The van der Waals surface area contributed by atoms with Crippen molar-refractivity contribution >= 4 is 34.8 Å². The van der Waals surface area contributed by atoms with Crippen LogP contribution in [-0.4, -0.2) is 34.9 Å². The Bertz CT molecular complexity index is 1030. The van der Waals surface area contributed by atoms with Crippen LogP contribution in [0.3, 0.4) is 0 Å². The van der Waals surface area contributed by atoms with E-state index in [9.17, 15) is 9.59 Å². The lowest BCUT2D eigenvalue weighted by molar-refractivity contribution is -0.135. The molecular weight excluding hydrogens is 396 g/mol. The average Bonchev–Trinajstić information content (AvgIpc) is 3.22. The lowest BCUT2D eigenvalue weighted by Gasteiger charge is -2.28. The second kappa shape index (κ2) is 8.12. The largest absolute Gasteiger partial charge is 0.451 e. The number of nitrogens with zero attached hydrogens (tertiary/aromatic N) is 2. The minimum absolute atomic E-state index is 0.191. The van der Waals surface area contributed by atoms with E-state index in [-0.39, 0.29) is 18.2 Å². The van der Waals surface area contributed by atoms with Gasteiger partial charge in [0.2, 0.25) is 0 Å². The molecule has 28 heavy (non-hydrogen) atoms. The molecule has 1 aliphatic rings. The topological polar surface area (TPSA) is 59.5 Å². The zero-order valence-electron chi connectivity index (χ0n) is 14.9. The summed E-state index contributed by atoms with van der Waals surface area (Å²) in [5, 5.41) is 2.90. The molecule has 0 aliphatic carbocycles. The molecule has 1 amide bonds. The molecule has 2 heterocycles. The van der Waals surface area contributed by atoms with Gasteiger partial charge in [0.15, 0.2) is 12.3 Å². The summed E-state index contributed by atoms with van der Waals surface area (Å²) in [7, 11) is 0. The molecule has 3 aromatic rings. The third-order valence-corrected chi connectivity index (χ3v) is 5.72. The molecule has 0 spiro atoms. The lowest BCUT2D eigenvalue weighted by Crippen LogP contribution is -2.38. The van der Waals surface area contributed by atoms with Gasteiger partial charge in [-0.15, -0.1) is 11.3 Å². The lowest BCUT2D eigenvalue weighted by atomic mass is 10.00. The van der Waals surface area contributed by atoms with Gasteiger partial charge < -0.3 is 9.64 Å². The molecule has 7 heteroatoms. The fourth-order valence-corrected chi connectivity index (χ4v) is 4.10. The first-order chi connectivity index (χ1) is 13.6. The monoisotopic (exact) mass is 412 g/mol. The molecule has 0 saturated carbocycles. The number of carbonyl (C=O) groups is 2. The molecule has 0 saturated heterocycles. The van der Waals surface area contributed by atoms with Crippen LogP contribution in [-0.2, 0) is 22.5 Å². The predicted octanol–water partition coefficient (Wildman–Crippen LogP) is 4.21. The van der Waals surface area contributed by atoms with Gasteiger partial charge in [0.25, 0.3) is 5.91 Å². The molecule has 142 valence electrons. The van der Waals surface area contributed by atoms with Crippen LogP contribution >= 0.6 is 22.9 Å². The maximum atomic E-state index is 12.4. The highest BCUT2D eigenvalue weighted by molar-refractivity contribution is 7.13. The summed E-state index contributed by atoms with van der Waals surface area (Å²) in [5.41, 5.74) is 3.43. The number of esters is 1. The Morgan fingerprint density at radius 1 is 1.14 bits per heavy atom. The molecule has 1 aromatic heterocycles. The zero-order valence-corrected chi connectivity index (χ0v) is 16.5. The Morgan fingerprint density at radius 2 is 1.96 bits per heavy atom. The minimum Gasteiger partial charge on any atom is -0.451 e. The molecule has 0 bridgehead atoms. The summed E-state index contributed by atoms with van der Waals surface area (Å²) in [4.78, 5) is 30.7. The van der Waals surface area contributed by atoms with Crippen molar-refractivity contribution in [1.82, 2.24) is 9.88 Å². The van der Waals surface area contributed by atoms with Crippen LogP contribution in [0.4, 0.5) is 0 Å². The molecule has 0 radical (unpaired) electrons. The van der Waals surface area contributed by atoms with Crippen molar-refractivity contribution < 1.29 is 14.3 Å². The number of fused-ring (bicyclic) bond motifs is 1. The van der Waals surface area contributed by atoms with E-state index in [0.717, 1.165) is 17.5 Å². The number of thiazole rings is 1. The van der Waals surface area contributed by atoms with Crippen molar-refractivity contribution in [2.45, 2.75) is 13.0 Å². The Morgan fingerprint density at radius 3 is 2.79 bits per heavy atom. The van der Waals surface area contributed by atoms with Gasteiger partial charge in [0, 0.05) is 29.1 Å². The van der Waals surface area contributed by atoms with Gasteiger partial charge in [0.1, 0.15) is 5.01 Å². The predicted molar refractivity (Wildman–Crippen MR) is 108 cm³/mol. The third-order valence-electron chi connectivity index (χ3n) is 4.59. The summed E-state index contributed by atoms with van der Waals surface area (Å²) in [6.07, 6.45) is 0.810. The van der Waals surface area contributed by atoms with Crippen molar-refractivity contribution in [1.29, 1.82) is 0 Å². The van der Waals surface area contributed by atoms with E-state index >= 15 is 0 Å². The first kappa shape index (κ1) is 18.7. The summed E-state index contributed by atoms with van der Waals surface area (Å²) < 4.78 is 5.19. The summed E-state index contributed by atoms with van der Waals surface area (Å²) in [6, 6.07) is 15.3. The highest BCUT2D eigenvalue weighted by Gasteiger charge is 2.22. The Kier molecular flexibility index (Phi) is 5.41. The highest BCUT2D eigenvalue weighted by atomic mass is 35.5. The first-order valence-corrected chi connectivity index (χ1v) is 10.1. The Balaban J connectivity index is 1.35. The van der Waals surface area contributed by atoms with E-state index in [2.05, 4.69) is 11.1 Å². The van der Waals surface area contributed by atoms with Crippen molar-refractivity contribution in [2.75, 3.05) is 13.2 Å². The fraction of sp³-hybridized carbons (Fsp3) is 0.190. The zero-order chi connectivity index (χ0) is 19.5. The van der Waals surface area contributed by atoms with E-state index < -0.39 is 5.97 Å². The van der Waals surface area contributed by atoms with Crippen LogP contribution < -0.4 is 0 Å². The van der Waals surface area contributed by atoms with Gasteiger partial charge in [-0.05, 0) is 29.7 Å². The number of hydrogen-bond donors (Lipinski definition) is 0. The minimum atomic E-state index is -0.602. The standard InChI is InChI=1S/C21H17ClN2O3S/c22-17-7-3-6-15(10-17)20-23-18(13-28-20)21(26)27-12-19(25)24-9-8-14-4-1-2-5-16(14)11-24/h1-7,10,13H,8-9,11-12H2. The van der Waals surface area contributed by atoms with Crippen molar-refractivity contribution in [3.63, 3.8) is 0 Å². The van der Waals surface area contributed by atoms with E-state index in [1.807, 2.05) is 30.3 Å². The van der Waals surface area contributed by atoms with Crippen LogP contribution in [0.2, 0.25) is 5.02 Å². The van der Waals surface area contributed by atoms with Crippen LogP contribution in [0, 0.1) is 0 Å². The van der Waals surface area contributed by atoms with Crippen molar-refractivity contribution in [3.8, 4) is 10.6 Å². The number of benzene rings is 2. The molecule has 2 aromatic carbocycles. The summed E-state index contributed by atoms with van der Waals surface area (Å²) in [6.45, 7) is 0.885. The maximum Gasteiger partial charge on any atom is 0.358 e. The molecule has 5 nitrogen and oxygen atoms in total. The average molecular weight is 413 g/mol. The maximum absolute atomic E-state index is 12.4. The van der Waals surface area contributed by atoms with Crippen LogP contribution in [0.1, 0.15) is 21.6 Å². The SMILES string of the molecule is O=C(OCC(=O)N1CCc2ccccc2C1)c1csc(-c2cccc(Cl)c2)n1. The quantitative estimate of drug-likeness (QED) is 0.602. The number of rotatable bonds is 4. The Labute approximate surface area is 171 Å². The van der Waals surface area contributed by atoms with Gasteiger partial charge in [-0.25, -0.2) is 9.78 Å². The number of hydrogen-bond acceptors (Lipinski definition) is 5. The molecule has 0 N–H and O–H groups in total.